The van der Waals surface area contributed by atoms with Gasteiger partial charge in [0.15, 0.2) is 0 Å². The maximum absolute atomic E-state index is 14.0. The van der Waals surface area contributed by atoms with Crippen LogP contribution in [0.2, 0.25) is 0 Å². The fraction of sp³-hybridized carbons (Fsp3) is 0. The number of nitrogens with zero attached hydrogens (tertiary/aromatic N) is 4. The second kappa shape index (κ2) is 15.6. The third-order valence-corrected chi connectivity index (χ3v) is 9.79. The standard InChI is InChI=1S/C43H30N4O9S/c48-38-36(39(49)45(32-15-7-2-8-16-32)42(52)44(38)31-13-5-1-6-14-31)27-23-30(29-21-25-35(26-22-29)57(54,55)56)24-28-37-40(50)46(33-17-9-3-10-18-33)43(53)47(41(37)51)34-19-11-4-12-20-34/h1-28,48H,(H,54,55,56). The Kier molecular flexibility index (Phi) is 10.3. The largest absolute Gasteiger partial charge is 0.494 e. The number of hydrogen-bond acceptors (Lipinski definition) is 8. The van der Waals surface area contributed by atoms with E-state index in [0.717, 1.165) is 31.1 Å². The van der Waals surface area contributed by atoms with Gasteiger partial charge in [-0.05, 0) is 84.0 Å². The van der Waals surface area contributed by atoms with Crippen LogP contribution < -0.4 is 21.0 Å². The van der Waals surface area contributed by atoms with Crippen molar-refractivity contribution in [2.75, 3.05) is 9.80 Å². The van der Waals surface area contributed by atoms with Crippen molar-refractivity contribution in [1.82, 2.24) is 9.13 Å². The second-order valence-corrected chi connectivity index (χ2v) is 13.9. The highest BCUT2D eigenvalue weighted by Crippen LogP contribution is 2.30. The quantitative estimate of drug-likeness (QED) is 0.0753. The van der Waals surface area contributed by atoms with E-state index >= 15 is 0 Å². The first kappa shape index (κ1) is 37.6. The van der Waals surface area contributed by atoms with Crippen LogP contribution in [-0.4, -0.2) is 45.1 Å². The molecular formula is C43H30N4O9S. The fourth-order valence-electron chi connectivity index (χ4n) is 6.15. The number of anilines is 2. The predicted octanol–water partition coefficient (Wildman–Crippen LogP) is 6.16. The zero-order valence-electron chi connectivity index (χ0n) is 29.6. The molecule has 5 aromatic carbocycles. The van der Waals surface area contributed by atoms with Crippen LogP contribution in [0.1, 0.15) is 11.1 Å². The van der Waals surface area contributed by atoms with Gasteiger partial charge in [-0.15, -0.1) is 0 Å². The van der Waals surface area contributed by atoms with E-state index in [1.807, 2.05) is 0 Å². The van der Waals surface area contributed by atoms with Gasteiger partial charge in [-0.2, -0.15) is 8.42 Å². The molecule has 4 amide bonds. The number of para-hydroxylation sites is 4. The number of benzene rings is 5. The minimum atomic E-state index is -4.58. The van der Waals surface area contributed by atoms with Crippen LogP contribution in [0.15, 0.2) is 184 Å². The number of amides is 4. The Morgan fingerprint density at radius 3 is 1.46 bits per heavy atom. The molecule has 0 aliphatic carbocycles. The summed E-state index contributed by atoms with van der Waals surface area (Å²) in [5, 5.41) is 11.5. The normalized spacial score (nSPS) is 13.7. The highest BCUT2D eigenvalue weighted by atomic mass is 32.2. The van der Waals surface area contributed by atoms with Crippen LogP contribution in [-0.2, 0) is 19.7 Å². The Labute approximate surface area is 325 Å². The van der Waals surface area contributed by atoms with Crippen molar-refractivity contribution in [1.29, 1.82) is 0 Å². The summed E-state index contributed by atoms with van der Waals surface area (Å²) >= 11 is 0. The molecule has 6 aromatic rings. The average molecular weight is 779 g/mol. The number of aromatic hydroxyl groups is 1. The summed E-state index contributed by atoms with van der Waals surface area (Å²) in [7, 11) is -4.58. The summed E-state index contributed by atoms with van der Waals surface area (Å²) in [4.78, 5) is 71.0. The first-order valence-corrected chi connectivity index (χ1v) is 18.6. The van der Waals surface area contributed by atoms with Crippen molar-refractivity contribution in [3.63, 3.8) is 0 Å². The average Bonchev–Trinajstić information content (AvgIpc) is 3.21. The molecule has 282 valence electrons. The molecule has 57 heavy (non-hydrogen) atoms. The van der Waals surface area contributed by atoms with Crippen molar-refractivity contribution >= 4 is 51.0 Å². The Balaban J connectivity index is 1.43. The number of carbonyl (C=O) groups excluding carboxylic acids is 3. The number of aromatic nitrogens is 2. The zero-order valence-corrected chi connectivity index (χ0v) is 30.4. The summed E-state index contributed by atoms with van der Waals surface area (Å²) in [6, 6.07) is 36.4. The van der Waals surface area contributed by atoms with Crippen LogP contribution >= 0.6 is 0 Å². The number of rotatable bonds is 9. The lowest BCUT2D eigenvalue weighted by Gasteiger charge is -2.33. The summed E-state index contributed by atoms with van der Waals surface area (Å²) in [6.07, 6.45) is 5.12. The Hall–Kier alpha value is -7.68. The third-order valence-electron chi connectivity index (χ3n) is 8.92. The molecular weight excluding hydrogens is 749 g/mol. The van der Waals surface area contributed by atoms with Crippen molar-refractivity contribution in [2.24, 2.45) is 0 Å². The molecule has 0 spiro atoms. The minimum Gasteiger partial charge on any atom is -0.494 e. The molecule has 0 saturated carbocycles. The second-order valence-electron chi connectivity index (χ2n) is 12.4. The molecule has 0 atom stereocenters. The maximum atomic E-state index is 14.0. The van der Waals surface area contributed by atoms with Crippen molar-refractivity contribution in [3.8, 4) is 17.3 Å². The fourth-order valence-corrected chi connectivity index (χ4v) is 6.63. The summed E-state index contributed by atoms with van der Waals surface area (Å²) in [5.41, 5.74) is -1.12. The first-order valence-electron chi connectivity index (χ1n) is 17.2. The topological polar surface area (TPSA) is 176 Å². The Bertz CT molecular complexity index is 2790. The molecule has 2 N–H and O–H groups in total. The molecule has 1 saturated heterocycles. The van der Waals surface area contributed by atoms with Crippen molar-refractivity contribution < 1.29 is 32.5 Å². The van der Waals surface area contributed by atoms with Crippen molar-refractivity contribution in [3.05, 3.63) is 201 Å². The van der Waals surface area contributed by atoms with Gasteiger partial charge in [-0.1, -0.05) is 97.1 Å². The Morgan fingerprint density at radius 2 is 1.00 bits per heavy atom. The summed E-state index contributed by atoms with van der Waals surface area (Å²) < 4.78 is 35.2. The van der Waals surface area contributed by atoms with E-state index < -0.39 is 55.6 Å². The van der Waals surface area contributed by atoms with E-state index in [0.29, 0.717) is 0 Å². The monoisotopic (exact) mass is 778 g/mol. The van der Waals surface area contributed by atoms with E-state index in [-0.39, 0.29) is 39.4 Å². The van der Waals surface area contributed by atoms with Gasteiger partial charge < -0.3 is 5.11 Å². The number of barbiturate groups is 1. The Morgan fingerprint density at radius 1 is 0.561 bits per heavy atom. The number of urea groups is 1. The molecule has 0 unspecified atom stereocenters. The number of hydrogen-bond donors (Lipinski definition) is 2. The zero-order chi connectivity index (χ0) is 40.3. The van der Waals surface area contributed by atoms with Gasteiger partial charge >= 0.3 is 11.7 Å². The van der Waals surface area contributed by atoms with E-state index in [4.69, 9.17) is 0 Å². The van der Waals surface area contributed by atoms with Crippen LogP contribution in [0.4, 0.5) is 16.2 Å². The van der Waals surface area contributed by atoms with E-state index in [1.54, 1.807) is 97.1 Å². The highest BCUT2D eigenvalue weighted by molar-refractivity contribution is 7.85. The first-order chi connectivity index (χ1) is 27.5. The predicted molar refractivity (Wildman–Crippen MR) is 214 cm³/mol. The van der Waals surface area contributed by atoms with E-state index in [1.165, 1.54) is 60.7 Å². The third kappa shape index (κ3) is 7.41. The lowest BCUT2D eigenvalue weighted by Crippen LogP contribution is -2.57. The molecule has 1 aliphatic rings. The summed E-state index contributed by atoms with van der Waals surface area (Å²) in [5.74, 6) is -2.54. The van der Waals surface area contributed by atoms with Gasteiger partial charge in [0.25, 0.3) is 27.5 Å². The highest BCUT2D eigenvalue weighted by Gasteiger charge is 2.43. The number of imide groups is 2. The van der Waals surface area contributed by atoms with Crippen LogP contribution in [0.3, 0.4) is 0 Å². The van der Waals surface area contributed by atoms with Gasteiger partial charge in [0.2, 0.25) is 5.88 Å². The van der Waals surface area contributed by atoms with E-state index in [9.17, 15) is 42.0 Å². The lowest BCUT2D eigenvalue weighted by molar-refractivity contribution is -0.121. The van der Waals surface area contributed by atoms with Crippen molar-refractivity contribution in [2.45, 2.75) is 4.90 Å². The number of carbonyl (C=O) groups is 3. The van der Waals surface area contributed by atoms with E-state index in [2.05, 4.69) is 0 Å². The minimum absolute atomic E-state index is 0.168. The lowest BCUT2D eigenvalue weighted by atomic mass is 10.0. The smallest absolute Gasteiger partial charge is 0.343 e. The van der Waals surface area contributed by atoms with Gasteiger partial charge in [0, 0.05) is 0 Å². The molecule has 0 radical (unpaired) electrons. The van der Waals surface area contributed by atoms with Gasteiger partial charge in [0.1, 0.15) is 11.1 Å². The molecule has 2 heterocycles. The van der Waals surface area contributed by atoms with Gasteiger partial charge in [0.05, 0.1) is 27.6 Å². The van der Waals surface area contributed by atoms with Gasteiger partial charge in [-0.3, -0.25) is 18.9 Å². The molecule has 1 aliphatic heterocycles. The molecule has 14 heteroatoms. The number of allylic oxidation sites excluding steroid dienone is 4. The SMILES string of the molecule is O=C1C(=CC=C(C=Cc2c(O)n(-c3ccccc3)c(=O)n(-c3ccccc3)c2=O)c2ccc(S(=O)(=O)O)cc2)C(=O)N(c2ccccc2)C(=O)N1c1ccccc1. The van der Waals surface area contributed by atoms with Crippen LogP contribution in [0.25, 0.3) is 23.0 Å². The maximum Gasteiger partial charge on any atom is 0.343 e. The molecule has 0 bridgehead atoms. The van der Waals surface area contributed by atoms with Crippen LogP contribution in [0.5, 0.6) is 5.88 Å². The molecule has 1 aromatic heterocycles. The van der Waals surface area contributed by atoms with Gasteiger partial charge in [-0.25, -0.2) is 28.5 Å². The molecule has 1 fully saturated rings. The summed E-state index contributed by atoms with van der Waals surface area (Å²) in [6.45, 7) is 0. The molecule has 13 nitrogen and oxygen atoms in total. The van der Waals surface area contributed by atoms with Crippen LogP contribution in [0, 0.1) is 0 Å². The molecule has 7 rings (SSSR count).